The lowest BCUT2D eigenvalue weighted by Gasteiger charge is -2.29. The molecule has 2 aromatic heterocycles. The van der Waals surface area contributed by atoms with Crippen molar-refractivity contribution in [2.75, 3.05) is 38.2 Å². The van der Waals surface area contributed by atoms with Crippen molar-refractivity contribution in [1.29, 1.82) is 5.41 Å². The first-order valence-electron chi connectivity index (χ1n) is 12.0. The minimum Gasteiger partial charge on any atom is -0.379 e. The summed E-state index contributed by atoms with van der Waals surface area (Å²) in [5.74, 6) is -0.0556. The number of aromatic nitrogens is 3. The Kier molecular flexibility index (Phi) is 8.44. The molecule has 1 aliphatic heterocycles. The standard InChI is InChI=1S/C25H27F3N8O3/c1-16(23(37)35-5-7-39-8-6-35)30-12-19(11-29)18-10-22-31-14-21(36(22)33-13-18)17-3-2-4-20(9-17)34-24(38)32-15-25(26,27)28/h2-4,9-14,16,29-30H,5-8,15H2,1H3,(H2,32,34,38)/b19-12+,29-11?. The maximum Gasteiger partial charge on any atom is 0.405 e. The molecule has 0 aliphatic carbocycles. The molecule has 206 valence electrons. The maximum atomic E-state index is 12.6. The van der Waals surface area contributed by atoms with E-state index >= 15 is 0 Å². The zero-order valence-corrected chi connectivity index (χ0v) is 21.0. The minimum absolute atomic E-state index is 0.0556. The summed E-state index contributed by atoms with van der Waals surface area (Å²) in [5.41, 5.74) is 3.07. The molecule has 4 N–H and O–H groups in total. The third-order valence-electron chi connectivity index (χ3n) is 5.90. The summed E-state index contributed by atoms with van der Waals surface area (Å²) in [7, 11) is 0. The van der Waals surface area contributed by atoms with Gasteiger partial charge in [0.1, 0.15) is 12.6 Å². The quantitative estimate of drug-likeness (QED) is 0.322. The highest BCUT2D eigenvalue weighted by Crippen LogP contribution is 2.24. The van der Waals surface area contributed by atoms with Crippen molar-refractivity contribution in [2.45, 2.75) is 19.1 Å². The Morgan fingerprint density at radius 3 is 2.69 bits per heavy atom. The lowest BCUT2D eigenvalue weighted by atomic mass is 10.1. The number of ether oxygens (including phenoxy) is 1. The van der Waals surface area contributed by atoms with Crippen molar-refractivity contribution >= 4 is 35.1 Å². The fourth-order valence-corrected chi connectivity index (χ4v) is 3.89. The number of urea groups is 1. The molecule has 3 amide bonds. The molecule has 39 heavy (non-hydrogen) atoms. The molecule has 1 aliphatic rings. The summed E-state index contributed by atoms with van der Waals surface area (Å²) < 4.78 is 43.9. The van der Waals surface area contributed by atoms with Gasteiger partial charge in [0, 0.05) is 47.9 Å². The second-order valence-electron chi connectivity index (χ2n) is 8.73. The normalized spacial score (nSPS) is 15.1. The van der Waals surface area contributed by atoms with Crippen LogP contribution in [0.2, 0.25) is 0 Å². The summed E-state index contributed by atoms with van der Waals surface area (Å²) in [6, 6.07) is 6.78. The number of anilines is 1. The SMILES string of the molecule is CC(N/C=C(\C=N)c1cnn2c(-c3cccc(NC(=O)NCC(F)(F)F)c3)cnc2c1)C(=O)N1CCOCC1. The first kappa shape index (κ1) is 27.6. The molecule has 3 aromatic rings. The number of carbonyl (C=O) groups excluding carboxylic acids is 2. The van der Waals surface area contributed by atoms with E-state index in [2.05, 4.69) is 20.7 Å². The van der Waals surface area contributed by atoms with Crippen LogP contribution in [0.3, 0.4) is 0 Å². The van der Waals surface area contributed by atoms with Crippen LogP contribution in [-0.2, 0) is 9.53 Å². The molecule has 11 nitrogen and oxygen atoms in total. The fraction of sp³-hybridized carbons (Fsp3) is 0.320. The topological polar surface area (TPSA) is 137 Å². The van der Waals surface area contributed by atoms with Crippen molar-refractivity contribution in [2.24, 2.45) is 0 Å². The van der Waals surface area contributed by atoms with Crippen LogP contribution < -0.4 is 16.0 Å². The molecule has 0 radical (unpaired) electrons. The van der Waals surface area contributed by atoms with E-state index in [0.29, 0.717) is 60.0 Å². The molecular formula is C25H27F3N8O3. The number of alkyl halides is 3. The van der Waals surface area contributed by atoms with Gasteiger partial charge in [-0.05, 0) is 25.1 Å². The van der Waals surface area contributed by atoms with E-state index in [1.807, 2.05) is 0 Å². The summed E-state index contributed by atoms with van der Waals surface area (Å²) >= 11 is 0. The van der Waals surface area contributed by atoms with Crippen LogP contribution in [0.25, 0.3) is 22.5 Å². The van der Waals surface area contributed by atoms with Crippen molar-refractivity contribution < 1.29 is 27.5 Å². The maximum absolute atomic E-state index is 12.6. The van der Waals surface area contributed by atoms with Crippen LogP contribution in [0.15, 0.2) is 48.9 Å². The van der Waals surface area contributed by atoms with Crippen LogP contribution in [0.1, 0.15) is 12.5 Å². The number of halogens is 3. The molecule has 1 atom stereocenters. The van der Waals surface area contributed by atoms with Crippen LogP contribution >= 0.6 is 0 Å². The first-order valence-corrected chi connectivity index (χ1v) is 12.0. The van der Waals surface area contributed by atoms with Gasteiger partial charge in [0.2, 0.25) is 5.91 Å². The van der Waals surface area contributed by atoms with Gasteiger partial charge in [-0.1, -0.05) is 12.1 Å². The summed E-state index contributed by atoms with van der Waals surface area (Å²) in [6.45, 7) is 2.41. The van der Waals surface area contributed by atoms with E-state index < -0.39 is 24.8 Å². The van der Waals surface area contributed by atoms with Crippen LogP contribution in [0, 0.1) is 5.41 Å². The third kappa shape index (κ3) is 7.10. The molecular weight excluding hydrogens is 517 g/mol. The van der Waals surface area contributed by atoms with Crippen LogP contribution in [-0.4, -0.2) is 82.7 Å². The molecule has 1 fully saturated rings. The van der Waals surface area contributed by atoms with E-state index in [9.17, 15) is 22.8 Å². The van der Waals surface area contributed by atoms with Crippen LogP contribution in [0.4, 0.5) is 23.7 Å². The Morgan fingerprint density at radius 1 is 1.21 bits per heavy atom. The van der Waals surface area contributed by atoms with Gasteiger partial charge in [-0.15, -0.1) is 0 Å². The molecule has 0 saturated carbocycles. The van der Waals surface area contributed by atoms with Gasteiger partial charge in [-0.2, -0.15) is 18.3 Å². The second-order valence-corrected chi connectivity index (χ2v) is 8.73. The lowest BCUT2D eigenvalue weighted by molar-refractivity contribution is -0.136. The highest BCUT2D eigenvalue weighted by atomic mass is 19.4. The smallest absolute Gasteiger partial charge is 0.379 e. The second kappa shape index (κ2) is 11.9. The zero-order chi connectivity index (χ0) is 28.0. The number of hydrogen-bond acceptors (Lipinski definition) is 7. The Bertz CT molecular complexity index is 1380. The van der Waals surface area contributed by atoms with Crippen molar-refractivity contribution in [3.8, 4) is 11.3 Å². The molecule has 1 saturated heterocycles. The van der Waals surface area contributed by atoms with Crippen molar-refractivity contribution in [3.05, 3.63) is 54.5 Å². The van der Waals surface area contributed by atoms with E-state index in [1.165, 1.54) is 0 Å². The Morgan fingerprint density at radius 2 is 1.97 bits per heavy atom. The minimum atomic E-state index is -4.51. The molecule has 3 heterocycles. The average Bonchev–Trinajstić information content (AvgIpc) is 3.35. The van der Waals surface area contributed by atoms with E-state index in [4.69, 9.17) is 10.1 Å². The third-order valence-corrected chi connectivity index (χ3v) is 5.90. The predicted octanol–water partition coefficient (Wildman–Crippen LogP) is 2.91. The average molecular weight is 545 g/mol. The zero-order valence-electron chi connectivity index (χ0n) is 21.0. The highest BCUT2D eigenvalue weighted by molar-refractivity contribution is 6.08. The van der Waals surface area contributed by atoms with Gasteiger partial charge in [0.25, 0.3) is 0 Å². The Hall–Kier alpha value is -4.46. The molecule has 1 unspecified atom stereocenters. The fourth-order valence-electron chi connectivity index (χ4n) is 3.89. The monoisotopic (exact) mass is 544 g/mol. The summed E-state index contributed by atoms with van der Waals surface area (Å²) in [6.07, 6.45) is 1.35. The number of hydrogen-bond donors (Lipinski definition) is 4. The summed E-state index contributed by atoms with van der Waals surface area (Å²) in [5, 5.41) is 19.4. The number of fused-ring (bicyclic) bond motifs is 1. The number of nitrogens with one attached hydrogen (secondary N) is 4. The van der Waals surface area contributed by atoms with Crippen LogP contribution in [0.5, 0.6) is 0 Å². The summed E-state index contributed by atoms with van der Waals surface area (Å²) in [4.78, 5) is 30.6. The number of morpholine rings is 1. The number of carbonyl (C=O) groups is 2. The Labute approximate surface area is 221 Å². The molecule has 1 aromatic carbocycles. The molecule has 0 bridgehead atoms. The van der Waals surface area contributed by atoms with Crippen molar-refractivity contribution in [3.63, 3.8) is 0 Å². The van der Waals surface area contributed by atoms with E-state index in [1.54, 1.807) is 70.6 Å². The van der Waals surface area contributed by atoms with Crippen molar-refractivity contribution in [1.82, 2.24) is 30.1 Å². The van der Waals surface area contributed by atoms with Gasteiger partial charge >= 0.3 is 12.2 Å². The van der Waals surface area contributed by atoms with E-state index in [-0.39, 0.29) is 5.91 Å². The Balaban J connectivity index is 1.47. The highest BCUT2D eigenvalue weighted by Gasteiger charge is 2.27. The van der Waals surface area contributed by atoms with Gasteiger partial charge in [-0.25, -0.2) is 14.3 Å². The van der Waals surface area contributed by atoms with Gasteiger partial charge in [0.15, 0.2) is 5.65 Å². The molecule has 0 spiro atoms. The van der Waals surface area contributed by atoms with E-state index in [0.717, 1.165) is 6.21 Å². The van der Waals surface area contributed by atoms with Gasteiger partial charge in [-0.3, -0.25) is 4.79 Å². The molecule has 14 heteroatoms. The number of imidazole rings is 1. The lowest BCUT2D eigenvalue weighted by Crippen LogP contribution is -2.48. The van der Waals surface area contributed by atoms with Gasteiger partial charge in [0.05, 0.1) is 31.3 Å². The number of nitrogens with zero attached hydrogens (tertiary/aromatic N) is 4. The number of benzene rings is 1. The molecule has 4 rings (SSSR count). The number of allylic oxidation sites excluding steroid dienone is 1. The van der Waals surface area contributed by atoms with Gasteiger partial charge < -0.3 is 31.0 Å². The number of amides is 3. The largest absolute Gasteiger partial charge is 0.405 e. The predicted molar refractivity (Wildman–Crippen MR) is 138 cm³/mol. The number of rotatable bonds is 8. The first-order chi connectivity index (χ1) is 18.6.